The normalized spacial score (nSPS) is 12.5. The van der Waals surface area contributed by atoms with Crippen LogP contribution in [-0.2, 0) is 0 Å². The molecule has 0 saturated carbocycles. The van der Waals surface area contributed by atoms with Crippen LogP contribution in [0, 0.1) is 23.3 Å². The van der Waals surface area contributed by atoms with Crippen molar-refractivity contribution < 1.29 is 17.6 Å². The lowest BCUT2D eigenvalue weighted by Crippen LogP contribution is -2.02. The maximum absolute atomic E-state index is 13.8. The van der Waals surface area contributed by atoms with E-state index in [0.717, 1.165) is 0 Å². The van der Waals surface area contributed by atoms with Gasteiger partial charge in [0, 0.05) is 17.2 Å². The van der Waals surface area contributed by atoms with Crippen LogP contribution in [0.25, 0.3) is 0 Å². The van der Waals surface area contributed by atoms with Crippen molar-refractivity contribution in [1.29, 1.82) is 0 Å². The van der Waals surface area contributed by atoms with Crippen molar-refractivity contribution in [3.8, 4) is 0 Å². The maximum atomic E-state index is 13.8. The van der Waals surface area contributed by atoms with E-state index < -0.39 is 28.1 Å². The van der Waals surface area contributed by atoms with Gasteiger partial charge in [0.05, 0.1) is 9.85 Å². The highest BCUT2D eigenvalue weighted by atomic mass is 79.9. The van der Waals surface area contributed by atoms with Gasteiger partial charge in [0.25, 0.3) is 0 Å². The molecule has 0 fully saturated rings. The largest absolute Gasteiger partial charge is 0.207 e. The first-order valence-corrected chi connectivity index (χ1v) is 6.43. The van der Waals surface area contributed by atoms with Crippen LogP contribution < -0.4 is 0 Å². The lowest BCUT2D eigenvalue weighted by Gasteiger charge is -2.13. The summed E-state index contributed by atoms with van der Waals surface area (Å²) in [5.74, 6) is -4.22. The summed E-state index contributed by atoms with van der Waals surface area (Å²) in [5.41, 5.74) is -0.169. The Labute approximate surface area is 120 Å². The molecule has 0 nitrogen and oxygen atoms in total. The summed E-state index contributed by atoms with van der Waals surface area (Å²) in [6.07, 6.45) is 0. The molecule has 0 spiro atoms. The highest BCUT2D eigenvalue weighted by Crippen LogP contribution is 2.36. The fourth-order valence-corrected chi connectivity index (χ4v) is 2.50. The smallest absolute Gasteiger partial charge is 0.161 e. The predicted molar refractivity (Wildman–Crippen MR) is 68.5 cm³/mol. The first-order chi connectivity index (χ1) is 8.91. The van der Waals surface area contributed by atoms with Crippen molar-refractivity contribution in [3.63, 3.8) is 0 Å². The van der Waals surface area contributed by atoms with Crippen molar-refractivity contribution in [2.24, 2.45) is 0 Å². The molecule has 0 N–H and O–H groups in total. The summed E-state index contributed by atoms with van der Waals surface area (Å²) in [6.45, 7) is 0. The van der Waals surface area contributed by atoms with Crippen LogP contribution in [0.4, 0.5) is 17.6 Å². The molecule has 0 radical (unpaired) electrons. The summed E-state index contributed by atoms with van der Waals surface area (Å²) >= 11 is 8.68. The molecule has 0 amide bonds. The molecule has 2 rings (SSSR count). The Kier molecular flexibility index (Phi) is 4.16. The zero-order chi connectivity index (χ0) is 14.2. The summed E-state index contributed by atoms with van der Waals surface area (Å²) in [5, 5.41) is -0.134. The molecule has 0 aliphatic heterocycles. The van der Waals surface area contributed by atoms with E-state index in [1.54, 1.807) is 0 Å². The topological polar surface area (TPSA) is 0 Å². The van der Waals surface area contributed by atoms with Gasteiger partial charge < -0.3 is 0 Å². The second kappa shape index (κ2) is 5.51. The van der Waals surface area contributed by atoms with Crippen LogP contribution in [0.15, 0.2) is 30.3 Å². The quantitative estimate of drug-likeness (QED) is 0.386. The molecule has 0 aliphatic rings. The third-order valence-electron chi connectivity index (χ3n) is 2.57. The number of halogens is 6. The van der Waals surface area contributed by atoms with Gasteiger partial charge in [-0.2, -0.15) is 0 Å². The van der Waals surface area contributed by atoms with Crippen LogP contribution in [0.5, 0.6) is 0 Å². The Morgan fingerprint density at radius 2 is 1.53 bits per heavy atom. The van der Waals surface area contributed by atoms with Gasteiger partial charge in [-0.3, -0.25) is 0 Å². The number of hydrogen-bond acceptors (Lipinski definition) is 0. The molecule has 6 heteroatoms. The zero-order valence-electron chi connectivity index (χ0n) is 9.23. The first kappa shape index (κ1) is 14.3. The Morgan fingerprint density at radius 3 is 2.21 bits per heavy atom. The molecule has 1 unspecified atom stereocenters. The number of benzene rings is 2. The summed E-state index contributed by atoms with van der Waals surface area (Å²) in [7, 11) is 0. The standard InChI is InChI=1S/C13H6BrClF4/c14-12(6-2-1-3-8(15)13(6)19)7-4-10(17)11(18)5-9(7)16/h1-5,12H. The highest BCUT2D eigenvalue weighted by molar-refractivity contribution is 9.09. The van der Waals surface area contributed by atoms with Gasteiger partial charge in [-0.15, -0.1) is 0 Å². The van der Waals surface area contributed by atoms with E-state index in [1.165, 1.54) is 18.2 Å². The van der Waals surface area contributed by atoms with E-state index in [1.807, 2.05) is 0 Å². The molecular weight excluding hydrogens is 347 g/mol. The maximum Gasteiger partial charge on any atom is 0.161 e. The minimum absolute atomic E-state index is 0.0393. The fourth-order valence-electron chi connectivity index (χ4n) is 1.62. The molecule has 0 saturated heterocycles. The minimum Gasteiger partial charge on any atom is -0.207 e. The average Bonchev–Trinajstić information content (AvgIpc) is 2.36. The van der Waals surface area contributed by atoms with Crippen molar-refractivity contribution in [2.45, 2.75) is 4.83 Å². The molecule has 19 heavy (non-hydrogen) atoms. The van der Waals surface area contributed by atoms with Crippen LogP contribution in [0.2, 0.25) is 5.02 Å². The Morgan fingerprint density at radius 1 is 0.895 bits per heavy atom. The molecule has 1 atom stereocenters. The Bertz CT molecular complexity index is 630. The molecule has 0 aromatic heterocycles. The summed E-state index contributed by atoms with van der Waals surface area (Å²) < 4.78 is 53.4. The van der Waals surface area contributed by atoms with E-state index in [9.17, 15) is 17.6 Å². The molecular formula is C13H6BrClF4. The van der Waals surface area contributed by atoms with Crippen LogP contribution >= 0.6 is 27.5 Å². The molecule has 0 bridgehead atoms. The fraction of sp³-hybridized carbons (Fsp3) is 0.0769. The monoisotopic (exact) mass is 352 g/mol. The van der Waals surface area contributed by atoms with E-state index in [4.69, 9.17) is 11.6 Å². The second-order valence-corrected chi connectivity index (χ2v) is 5.12. The zero-order valence-corrected chi connectivity index (χ0v) is 11.6. The van der Waals surface area contributed by atoms with Gasteiger partial charge in [-0.05, 0) is 12.1 Å². The minimum atomic E-state index is -1.30. The summed E-state index contributed by atoms with van der Waals surface area (Å²) in [4.78, 5) is -0.971. The van der Waals surface area contributed by atoms with Crippen molar-refractivity contribution in [1.82, 2.24) is 0 Å². The van der Waals surface area contributed by atoms with Gasteiger partial charge in [-0.1, -0.05) is 39.7 Å². The second-order valence-electron chi connectivity index (χ2n) is 3.79. The summed E-state index contributed by atoms with van der Waals surface area (Å²) in [6, 6.07) is 5.29. The highest BCUT2D eigenvalue weighted by Gasteiger charge is 2.21. The molecule has 100 valence electrons. The predicted octanol–water partition coefficient (Wildman–Crippen LogP) is 5.38. The average molecular weight is 354 g/mol. The third kappa shape index (κ3) is 2.77. The van der Waals surface area contributed by atoms with Crippen molar-refractivity contribution in [2.75, 3.05) is 0 Å². The van der Waals surface area contributed by atoms with Gasteiger partial charge in [0.2, 0.25) is 0 Å². The lowest BCUT2D eigenvalue weighted by molar-refractivity contribution is 0.490. The SMILES string of the molecule is Fc1cc(F)c(C(Br)c2cccc(Cl)c2F)cc1F. The van der Waals surface area contributed by atoms with Gasteiger partial charge in [0.1, 0.15) is 11.6 Å². The van der Waals surface area contributed by atoms with Crippen LogP contribution in [0.1, 0.15) is 16.0 Å². The van der Waals surface area contributed by atoms with E-state index in [2.05, 4.69) is 15.9 Å². The molecule has 2 aromatic carbocycles. The van der Waals surface area contributed by atoms with Crippen molar-refractivity contribution >= 4 is 27.5 Å². The number of hydrogen-bond donors (Lipinski definition) is 0. The Balaban J connectivity index is 2.53. The van der Waals surface area contributed by atoms with E-state index in [-0.39, 0.29) is 16.1 Å². The van der Waals surface area contributed by atoms with Gasteiger partial charge in [-0.25, -0.2) is 17.6 Å². The number of rotatable bonds is 2. The lowest BCUT2D eigenvalue weighted by atomic mass is 10.0. The first-order valence-electron chi connectivity index (χ1n) is 5.14. The molecule has 0 heterocycles. The number of alkyl halides is 1. The van der Waals surface area contributed by atoms with Crippen LogP contribution in [0.3, 0.4) is 0 Å². The van der Waals surface area contributed by atoms with E-state index >= 15 is 0 Å². The third-order valence-corrected chi connectivity index (χ3v) is 3.85. The van der Waals surface area contributed by atoms with E-state index in [0.29, 0.717) is 12.1 Å². The molecule has 0 aliphatic carbocycles. The van der Waals surface area contributed by atoms with Crippen molar-refractivity contribution in [3.05, 3.63) is 69.8 Å². The van der Waals surface area contributed by atoms with Gasteiger partial charge >= 0.3 is 0 Å². The molecule has 2 aromatic rings. The van der Waals surface area contributed by atoms with Gasteiger partial charge in [0.15, 0.2) is 11.6 Å². The Hall–Kier alpha value is -1.07. The van der Waals surface area contributed by atoms with Crippen LogP contribution in [-0.4, -0.2) is 0 Å².